The van der Waals surface area contributed by atoms with Crippen LogP contribution < -0.4 is 5.73 Å². The second-order valence-corrected chi connectivity index (χ2v) is 5.56. The van der Waals surface area contributed by atoms with Crippen LogP contribution in [0.5, 0.6) is 0 Å². The van der Waals surface area contributed by atoms with E-state index in [2.05, 4.69) is 25.9 Å². The molecule has 6 heteroatoms. The fourth-order valence-corrected chi connectivity index (χ4v) is 2.93. The summed E-state index contributed by atoms with van der Waals surface area (Å²) in [7, 11) is 0. The number of nitrogens with two attached hydrogens (primary N) is 1. The van der Waals surface area contributed by atoms with Crippen LogP contribution in [0.1, 0.15) is 5.56 Å². The predicted molar refractivity (Wildman–Crippen MR) is 75.2 cm³/mol. The van der Waals surface area contributed by atoms with Crippen molar-refractivity contribution in [3.63, 3.8) is 0 Å². The van der Waals surface area contributed by atoms with Crippen LogP contribution in [0.3, 0.4) is 0 Å². The van der Waals surface area contributed by atoms with Crippen LogP contribution in [0.4, 0.5) is 5.82 Å². The molecule has 2 rings (SSSR count). The van der Waals surface area contributed by atoms with Gasteiger partial charge in [0.2, 0.25) is 0 Å². The molecular weight excluding hydrogens is 322 g/mol. The van der Waals surface area contributed by atoms with Gasteiger partial charge < -0.3 is 5.73 Å². The molecule has 1 aromatic heterocycles. The molecular formula is C11H9BrClN3S. The quantitative estimate of drug-likeness (QED) is 0.870. The number of aromatic nitrogens is 2. The summed E-state index contributed by atoms with van der Waals surface area (Å²) >= 11 is 11.0. The lowest BCUT2D eigenvalue weighted by Crippen LogP contribution is -1.95. The van der Waals surface area contributed by atoms with Crippen molar-refractivity contribution >= 4 is 45.1 Å². The number of rotatable bonds is 3. The van der Waals surface area contributed by atoms with Crippen molar-refractivity contribution in [3.05, 3.63) is 45.7 Å². The summed E-state index contributed by atoms with van der Waals surface area (Å²) in [6.07, 6.45) is 3.20. The Morgan fingerprint density at radius 3 is 2.76 bits per heavy atom. The first kappa shape index (κ1) is 12.7. The minimum absolute atomic E-state index is 0.450. The van der Waals surface area contributed by atoms with Crippen molar-refractivity contribution in [2.75, 3.05) is 5.73 Å². The molecule has 0 aliphatic carbocycles. The normalized spacial score (nSPS) is 10.5. The molecule has 0 amide bonds. The van der Waals surface area contributed by atoms with Gasteiger partial charge in [0.05, 0.1) is 0 Å². The molecule has 0 saturated carbocycles. The highest BCUT2D eigenvalue weighted by Crippen LogP contribution is 2.29. The molecule has 2 aromatic rings. The molecule has 0 unspecified atom stereocenters. The molecule has 0 spiro atoms. The third kappa shape index (κ3) is 3.34. The van der Waals surface area contributed by atoms with Crippen LogP contribution in [0, 0.1) is 0 Å². The highest BCUT2D eigenvalue weighted by Gasteiger charge is 2.05. The molecule has 0 atom stereocenters. The van der Waals surface area contributed by atoms with Crippen molar-refractivity contribution in [1.29, 1.82) is 0 Å². The zero-order chi connectivity index (χ0) is 12.3. The number of thioether (sulfide) groups is 1. The molecule has 1 heterocycles. The van der Waals surface area contributed by atoms with Gasteiger partial charge in [-0.3, -0.25) is 0 Å². The van der Waals surface area contributed by atoms with E-state index >= 15 is 0 Å². The van der Waals surface area contributed by atoms with Crippen LogP contribution in [0.15, 0.2) is 40.1 Å². The smallest absolute Gasteiger partial charge is 0.156 e. The summed E-state index contributed by atoms with van der Waals surface area (Å²) in [5, 5.41) is 1.46. The highest BCUT2D eigenvalue weighted by molar-refractivity contribution is 9.10. The van der Waals surface area contributed by atoms with Crippen LogP contribution in [-0.4, -0.2) is 9.97 Å². The fourth-order valence-electron chi connectivity index (χ4n) is 1.23. The van der Waals surface area contributed by atoms with Gasteiger partial charge in [-0.25, -0.2) is 9.97 Å². The molecule has 1 aromatic carbocycles. The van der Waals surface area contributed by atoms with Crippen LogP contribution >= 0.6 is 39.3 Å². The van der Waals surface area contributed by atoms with Crippen molar-refractivity contribution in [2.24, 2.45) is 0 Å². The second kappa shape index (κ2) is 5.71. The summed E-state index contributed by atoms with van der Waals surface area (Å²) in [6.45, 7) is 0. The first-order valence-electron chi connectivity index (χ1n) is 4.80. The van der Waals surface area contributed by atoms with Gasteiger partial charge in [0.15, 0.2) is 5.82 Å². The zero-order valence-corrected chi connectivity index (χ0v) is 11.9. The monoisotopic (exact) mass is 329 g/mol. The van der Waals surface area contributed by atoms with Gasteiger partial charge in [-0.05, 0) is 17.7 Å². The minimum atomic E-state index is 0.450. The standard InChI is InChI=1S/C11H9BrClN3S/c12-8-2-1-7(9(13)5-8)6-17-11-10(14)15-3-4-16-11/h1-5H,6H2,(H2,14,15). The van der Waals surface area contributed by atoms with Gasteiger partial charge in [0, 0.05) is 27.6 Å². The van der Waals surface area contributed by atoms with E-state index < -0.39 is 0 Å². The molecule has 0 bridgehead atoms. The number of benzene rings is 1. The number of anilines is 1. The molecule has 0 saturated heterocycles. The van der Waals surface area contributed by atoms with Gasteiger partial charge in [0.1, 0.15) is 5.03 Å². The summed E-state index contributed by atoms with van der Waals surface area (Å²) in [5.74, 6) is 1.17. The Kier molecular flexibility index (Phi) is 4.25. The Bertz CT molecular complexity index is 536. The Labute approximate surface area is 117 Å². The van der Waals surface area contributed by atoms with E-state index in [0.29, 0.717) is 5.82 Å². The van der Waals surface area contributed by atoms with E-state index in [-0.39, 0.29) is 0 Å². The molecule has 0 aliphatic rings. The average molecular weight is 331 g/mol. The third-order valence-electron chi connectivity index (χ3n) is 2.07. The van der Waals surface area contributed by atoms with Gasteiger partial charge >= 0.3 is 0 Å². The summed E-state index contributed by atoms with van der Waals surface area (Å²) in [6, 6.07) is 5.81. The fraction of sp³-hybridized carbons (Fsp3) is 0.0909. The number of hydrogen-bond donors (Lipinski definition) is 1. The maximum Gasteiger partial charge on any atom is 0.156 e. The SMILES string of the molecule is Nc1nccnc1SCc1ccc(Br)cc1Cl. The van der Waals surface area contributed by atoms with Crippen molar-refractivity contribution in [2.45, 2.75) is 10.8 Å². The van der Waals surface area contributed by atoms with Crippen molar-refractivity contribution in [3.8, 4) is 0 Å². The largest absolute Gasteiger partial charge is 0.381 e. The van der Waals surface area contributed by atoms with Gasteiger partial charge in [-0.1, -0.05) is 45.4 Å². The molecule has 88 valence electrons. The molecule has 0 aliphatic heterocycles. The number of hydrogen-bond acceptors (Lipinski definition) is 4. The van der Waals surface area contributed by atoms with E-state index in [9.17, 15) is 0 Å². The lowest BCUT2D eigenvalue weighted by molar-refractivity contribution is 1.07. The van der Waals surface area contributed by atoms with Crippen LogP contribution in [0.25, 0.3) is 0 Å². The predicted octanol–water partition coefficient (Wildman–Crippen LogP) is 3.77. The number of nitrogen functional groups attached to an aromatic ring is 1. The van der Waals surface area contributed by atoms with Crippen LogP contribution in [-0.2, 0) is 5.75 Å². The van der Waals surface area contributed by atoms with E-state index in [1.165, 1.54) is 11.8 Å². The Balaban J connectivity index is 2.10. The van der Waals surface area contributed by atoms with Crippen LogP contribution in [0.2, 0.25) is 5.02 Å². The summed E-state index contributed by atoms with van der Waals surface area (Å²) in [5.41, 5.74) is 6.76. The maximum absolute atomic E-state index is 6.12. The summed E-state index contributed by atoms with van der Waals surface area (Å²) < 4.78 is 0.968. The van der Waals surface area contributed by atoms with Gasteiger partial charge in [0.25, 0.3) is 0 Å². The van der Waals surface area contributed by atoms with Gasteiger partial charge in [-0.2, -0.15) is 0 Å². The molecule has 2 N–H and O–H groups in total. The van der Waals surface area contributed by atoms with E-state index in [0.717, 1.165) is 25.8 Å². The maximum atomic E-state index is 6.12. The molecule has 17 heavy (non-hydrogen) atoms. The van der Waals surface area contributed by atoms with Crippen molar-refractivity contribution in [1.82, 2.24) is 9.97 Å². The first-order valence-corrected chi connectivity index (χ1v) is 6.95. The Morgan fingerprint density at radius 2 is 2.06 bits per heavy atom. The molecule has 0 fully saturated rings. The van der Waals surface area contributed by atoms with Gasteiger partial charge in [-0.15, -0.1) is 0 Å². The minimum Gasteiger partial charge on any atom is -0.381 e. The Hall–Kier alpha value is -0.780. The highest BCUT2D eigenvalue weighted by atomic mass is 79.9. The molecule has 0 radical (unpaired) electrons. The molecule has 3 nitrogen and oxygen atoms in total. The third-order valence-corrected chi connectivity index (χ3v) is 3.96. The Morgan fingerprint density at radius 1 is 1.29 bits per heavy atom. The number of nitrogens with zero attached hydrogens (tertiary/aromatic N) is 2. The first-order chi connectivity index (χ1) is 8.16. The second-order valence-electron chi connectivity index (χ2n) is 3.27. The lowest BCUT2D eigenvalue weighted by Gasteiger charge is -2.05. The van der Waals surface area contributed by atoms with E-state index in [1.54, 1.807) is 12.4 Å². The van der Waals surface area contributed by atoms with Crippen molar-refractivity contribution < 1.29 is 0 Å². The van der Waals surface area contributed by atoms with E-state index in [4.69, 9.17) is 17.3 Å². The van der Waals surface area contributed by atoms with E-state index in [1.807, 2.05) is 18.2 Å². The topological polar surface area (TPSA) is 51.8 Å². The average Bonchev–Trinajstić information content (AvgIpc) is 2.30. The number of halogens is 2. The lowest BCUT2D eigenvalue weighted by atomic mass is 10.2. The summed E-state index contributed by atoms with van der Waals surface area (Å²) in [4.78, 5) is 8.15. The zero-order valence-electron chi connectivity index (χ0n) is 8.73.